The maximum absolute atomic E-state index is 5.64. The van der Waals surface area contributed by atoms with Crippen LogP contribution in [0.2, 0.25) is 0 Å². The number of H-pyrrole nitrogens is 1. The zero-order valence-electron chi connectivity index (χ0n) is 8.83. The van der Waals surface area contributed by atoms with E-state index in [2.05, 4.69) is 4.98 Å². The summed E-state index contributed by atoms with van der Waals surface area (Å²) in [4.78, 5) is 3.15. The molecule has 3 N–H and O–H groups in total. The van der Waals surface area contributed by atoms with Gasteiger partial charge in [-0.2, -0.15) is 0 Å². The molecule has 4 heteroatoms. The highest BCUT2D eigenvalue weighted by Crippen LogP contribution is 2.32. The maximum atomic E-state index is 5.64. The average molecular weight is 206 g/mol. The third kappa shape index (κ3) is 1.53. The number of aromatic amines is 1. The first-order chi connectivity index (χ1) is 7.30. The summed E-state index contributed by atoms with van der Waals surface area (Å²) in [7, 11) is 3.27. The minimum absolute atomic E-state index is 0.496. The molecule has 0 aliphatic carbocycles. The molecular weight excluding hydrogens is 192 g/mol. The van der Waals surface area contributed by atoms with Gasteiger partial charge in [0.1, 0.15) is 11.5 Å². The van der Waals surface area contributed by atoms with Crippen LogP contribution in [0.15, 0.2) is 18.3 Å². The lowest BCUT2D eigenvalue weighted by Gasteiger charge is -2.06. The van der Waals surface area contributed by atoms with Crippen LogP contribution in [0.1, 0.15) is 5.56 Å². The number of aromatic nitrogens is 1. The fourth-order valence-corrected chi connectivity index (χ4v) is 1.68. The standard InChI is InChI=1S/C11H14N2O2/c1-14-8-3-9-7(5-12)6-13-11(9)10(4-8)15-2/h3-4,6,13H,5,12H2,1-2H3. The molecule has 1 heterocycles. The van der Waals surface area contributed by atoms with E-state index in [9.17, 15) is 0 Å². The van der Waals surface area contributed by atoms with Crippen molar-refractivity contribution in [1.29, 1.82) is 0 Å². The normalized spacial score (nSPS) is 10.6. The van der Waals surface area contributed by atoms with Crippen molar-refractivity contribution in [3.05, 3.63) is 23.9 Å². The van der Waals surface area contributed by atoms with Crippen LogP contribution >= 0.6 is 0 Å². The minimum Gasteiger partial charge on any atom is -0.497 e. The highest BCUT2D eigenvalue weighted by molar-refractivity contribution is 5.89. The SMILES string of the molecule is COc1cc(OC)c2[nH]cc(CN)c2c1. The zero-order chi connectivity index (χ0) is 10.8. The van der Waals surface area contributed by atoms with E-state index in [1.807, 2.05) is 18.3 Å². The Morgan fingerprint density at radius 1 is 1.27 bits per heavy atom. The van der Waals surface area contributed by atoms with Crippen LogP contribution in [0.25, 0.3) is 10.9 Å². The summed E-state index contributed by atoms with van der Waals surface area (Å²) >= 11 is 0. The van der Waals surface area contributed by atoms with Crippen LogP contribution in [-0.2, 0) is 6.54 Å². The minimum atomic E-state index is 0.496. The monoisotopic (exact) mass is 206 g/mol. The second-order valence-corrected chi connectivity index (χ2v) is 3.27. The predicted octanol–water partition coefficient (Wildman–Crippen LogP) is 1.64. The number of nitrogens with one attached hydrogen (secondary N) is 1. The van der Waals surface area contributed by atoms with E-state index in [-0.39, 0.29) is 0 Å². The van der Waals surface area contributed by atoms with Gasteiger partial charge in [-0.1, -0.05) is 0 Å². The topological polar surface area (TPSA) is 60.3 Å². The Bertz CT molecular complexity index is 477. The quantitative estimate of drug-likeness (QED) is 0.802. The fraction of sp³-hybridized carbons (Fsp3) is 0.273. The molecule has 0 aliphatic heterocycles. The number of ether oxygens (including phenoxy) is 2. The van der Waals surface area contributed by atoms with Crippen molar-refractivity contribution in [2.24, 2.45) is 5.73 Å². The van der Waals surface area contributed by atoms with Crippen molar-refractivity contribution in [2.45, 2.75) is 6.54 Å². The van der Waals surface area contributed by atoms with Gasteiger partial charge in [0, 0.05) is 24.2 Å². The summed E-state index contributed by atoms with van der Waals surface area (Å²) in [5.41, 5.74) is 7.66. The summed E-state index contributed by atoms with van der Waals surface area (Å²) in [6.07, 6.45) is 1.90. The van der Waals surface area contributed by atoms with E-state index >= 15 is 0 Å². The average Bonchev–Trinajstić information content (AvgIpc) is 2.70. The van der Waals surface area contributed by atoms with Gasteiger partial charge in [0.05, 0.1) is 19.7 Å². The Morgan fingerprint density at radius 3 is 2.67 bits per heavy atom. The molecule has 0 fully saturated rings. The molecule has 0 aliphatic rings. The van der Waals surface area contributed by atoms with Gasteiger partial charge in [-0.05, 0) is 11.6 Å². The lowest BCUT2D eigenvalue weighted by molar-refractivity contribution is 0.397. The summed E-state index contributed by atoms with van der Waals surface area (Å²) in [5, 5.41) is 1.05. The summed E-state index contributed by atoms with van der Waals surface area (Å²) in [5.74, 6) is 1.54. The Hall–Kier alpha value is -1.68. The van der Waals surface area contributed by atoms with Crippen LogP contribution in [0.5, 0.6) is 11.5 Å². The van der Waals surface area contributed by atoms with Gasteiger partial charge in [-0.25, -0.2) is 0 Å². The van der Waals surface area contributed by atoms with Gasteiger partial charge >= 0.3 is 0 Å². The third-order valence-electron chi connectivity index (χ3n) is 2.49. The first-order valence-corrected chi connectivity index (χ1v) is 4.72. The zero-order valence-corrected chi connectivity index (χ0v) is 8.83. The molecule has 0 amide bonds. The van der Waals surface area contributed by atoms with Gasteiger partial charge in [0.25, 0.3) is 0 Å². The summed E-state index contributed by atoms with van der Waals surface area (Å²) in [6, 6.07) is 3.80. The van der Waals surface area contributed by atoms with E-state index in [0.29, 0.717) is 6.54 Å². The number of hydrogen-bond acceptors (Lipinski definition) is 3. The first kappa shape index (κ1) is 9.86. The predicted molar refractivity (Wildman–Crippen MR) is 59.3 cm³/mol. The molecule has 0 saturated heterocycles. The lowest BCUT2D eigenvalue weighted by atomic mass is 10.1. The van der Waals surface area contributed by atoms with Crippen molar-refractivity contribution in [2.75, 3.05) is 14.2 Å². The van der Waals surface area contributed by atoms with E-state index in [4.69, 9.17) is 15.2 Å². The number of methoxy groups -OCH3 is 2. The number of benzene rings is 1. The second kappa shape index (κ2) is 3.82. The van der Waals surface area contributed by atoms with Crippen LogP contribution in [0, 0.1) is 0 Å². The number of hydrogen-bond donors (Lipinski definition) is 2. The number of rotatable bonds is 3. The highest BCUT2D eigenvalue weighted by Gasteiger charge is 2.09. The van der Waals surface area contributed by atoms with Gasteiger partial charge in [-0.15, -0.1) is 0 Å². The molecule has 80 valence electrons. The van der Waals surface area contributed by atoms with Crippen LogP contribution in [-0.4, -0.2) is 19.2 Å². The molecule has 15 heavy (non-hydrogen) atoms. The molecule has 1 aromatic carbocycles. The largest absolute Gasteiger partial charge is 0.497 e. The van der Waals surface area contributed by atoms with Crippen LogP contribution in [0.4, 0.5) is 0 Å². The van der Waals surface area contributed by atoms with E-state index < -0.39 is 0 Å². The first-order valence-electron chi connectivity index (χ1n) is 4.72. The molecule has 0 spiro atoms. The van der Waals surface area contributed by atoms with Gasteiger partial charge in [0.2, 0.25) is 0 Å². The third-order valence-corrected chi connectivity index (χ3v) is 2.49. The molecule has 0 unspecified atom stereocenters. The molecule has 1 aromatic heterocycles. The molecule has 2 aromatic rings. The Morgan fingerprint density at radius 2 is 2.07 bits per heavy atom. The van der Waals surface area contributed by atoms with Gasteiger partial charge in [0.15, 0.2) is 0 Å². The van der Waals surface area contributed by atoms with Crippen molar-refractivity contribution in [3.8, 4) is 11.5 Å². The van der Waals surface area contributed by atoms with Crippen LogP contribution in [0.3, 0.4) is 0 Å². The van der Waals surface area contributed by atoms with Crippen molar-refractivity contribution in [1.82, 2.24) is 4.98 Å². The highest BCUT2D eigenvalue weighted by atomic mass is 16.5. The Labute approximate surface area is 88.0 Å². The molecule has 0 saturated carbocycles. The van der Waals surface area contributed by atoms with E-state index in [1.54, 1.807) is 14.2 Å². The Balaban J connectivity index is 2.71. The molecular formula is C11H14N2O2. The molecule has 0 radical (unpaired) electrons. The molecule has 2 rings (SSSR count). The van der Waals surface area contributed by atoms with E-state index in [1.165, 1.54) is 0 Å². The van der Waals surface area contributed by atoms with Crippen molar-refractivity contribution < 1.29 is 9.47 Å². The maximum Gasteiger partial charge on any atom is 0.146 e. The summed E-state index contributed by atoms with van der Waals surface area (Å²) < 4.78 is 10.5. The Kier molecular flexibility index (Phi) is 2.51. The van der Waals surface area contributed by atoms with E-state index in [0.717, 1.165) is 28.0 Å². The molecule has 4 nitrogen and oxygen atoms in total. The molecule has 0 bridgehead atoms. The van der Waals surface area contributed by atoms with Crippen molar-refractivity contribution >= 4 is 10.9 Å². The smallest absolute Gasteiger partial charge is 0.146 e. The van der Waals surface area contributed by atoms with Gasteiger partial charge < -0.3 is 20.2 Å². The lowest BCUT2D eigenvalue weighted by Crippen LogP contribution is -1.94. The number of fused-ring (bicyclic) bond motifs is 1. The second-order valence-electron chi connectivity index (χ2n) is 3.27. The fourth-order valence-electron chi connectivity index (χ4n) is 1.68. The van der Waals surface area contributed by atoms with Gasteiger partial charge in [-0.3, -0.25) is 0 Å². The van der Waals surface area contributed by atoms with Crippen molar-refractivity contribution in [3.63, 3.8) is 0 Å². The summed E-state index contributed by atoms with van der Waals surface area (Å²) in [6.45, 7) is 0.496. The number of nitrogens with two attached hydrogens (primary N) is 1. The molecule has 0 atom stereocenters. The van der Waals surface area contributed by atoms with Crippen LogP contribution < -0.4 is 15.2 Å².